The first-order valence-electron chi connectivity index (χ1n) is 21.7. The maximum absolute atomic E-state index is 15.4. The summed E-state index contributed by atoms with van der Waals surface area (Å²) in [5.74, 6) is -0.997. The molecule has 4 N–H and O–H groups in total. The number of aliphatic hydroxyl groups is 2. The average Bonchev–Trinajstić information content (AvgIpc) is 4.13. The van der Waals surface area contributed by atoms with Crippen LogP contribution in [0.1, 0.15) is 80.6 Å². The molecule has 2 atom stereocenters. The second-order valence-electron chi connectivity index (χ2n) is 17.5. The highest BCUT2D eigenvalue weighted by molar-refractivity contribution is 6.08. The fourth-order valence-electron chi connectivity index (χ4n) is 9.27. The Hall–Kier alpha value is -6.86. The fraction of sp³-hybridized carbons (Fsp3) is 0.193. The minimum atomic E-state index is -1.77. The van der Waals surface area contributed by atoms with E-state index in [9.17, 15) is 10.2 Å². The van der Waals surface area contributed by atoms with Gasteiger partial charge in [-0.25, -0.2) is 0 Å². The summed E-state index contributed by atoms with van der Waals surface area (Å²) >= 11 is 0. The zero-order valence-corrected chi connectivity index (χ0v) is 36.1. The van der Waals surface area contributed by atoms with Gasteiger partial charge in [-0.15, -0.1) is 0 Å². The molecule has 6 nitrogen and oxygen atoms in total. The molecule has 1 aliphatic rings. The lowest BCUT2D eigenvalue weighted by Gasteiger charge is -2.40. The summed E-state index contributed by atoms with van der Waals surface area (Å²) in [6.07, 6.45) is 0.576. The number of hydrogen-bond donors (Lipinski definition) is 4. The van der Waals surface area contributed by atoms with Gasteiger partial charge in [0.25, 0.3) is 0 Å². The predicted octanol–water partition coefficient (Wildman–Crippen LogP) is 10.9. The molecule has 1 aliphatic carbocycles. The van der Waals surface area contributed by atoms with Gasteiger partial charge in [0.1, 0.15) is 16.6 Å². The zero-order chi connectivity index (χ0) is 43.9. The Morgan fingerprint density at radius 3 is 1.02 bits per heavy atom. The third kappa shape index (κ3) is 7.49. The monoisotopic (exact) mass is 828 g/mol. The van der Waals surface area contributed by atoms with E-state index < -0.39 is 40.5 Å². The van der Waals surface area contributed by atoms with E-state index in [4.69, 9.17) is 0 Å². The third-order valence-corrected chi connectivity index (χ3v) is 13.2. The van der Waals surface area contributed by atoms with Gasteiger partial charge >= 0.3 is 0 Å². The van der Waals surface area contributed by atoms with Crippen LogP contribution in [0.3, 0.4) is 0 Å². The summed E-state index contributed by atoms with van der Waals surface area (Å²) in [5.41, 5.74) is 2.91. The second-order valence-corrected chi connectivity index (χ2v) is 17.5. The molecule has 0 bridgehead atoms. The normalized spacial score (nSPS) is 14.5. The minimum Gasteiger partial charge on any atom is -0.378 e. The molecule has 0 heterocycles. The van der Waals surface area contributed by atoms with E-state index in [0.29, 0.717) is 33.4 Å². The number of fused-ring (bicyclic) bond motifs is 2. The molecule has 314 valence electrons. The van der Waals surface area contributed by atoms with Crippen LogP contribution in [0.15, 0.2) is 182 Å². The summed E-state index contributed by atoms with van der Waals surface area (Å²) in [6, 6.07) is 56.6. The quantitative estimate of drug-likeness (QED) is 0.0922. The lowest BCUT2D eigenvalue weighted by atomic mass is 9.75. The van der Waals surface area contributed by atoms with Gasteiger partial charge in [0.15, 0.2) is 0 Å². The fourth-order valence-corrected chi connectivity index (χ4v) is 9.27. The Bertz CT molecular complexity index is 2650. The summed E-state index contributed by atoms with van der Waals surface area (Å²) in [7, 11) is 0. The molecule has 0 unspecified atom stereocenters. The third-order valence-electron chi connectivity index (χ3n) is 13.2. The topological polar surface area (TPSA) is 98.7 Å². The van der Waals surface area contributed by atoms with E-state index in [1.165, 1.54) is 0 Å². The molecule has 1 fully saturated rings. The van der Waals surface area contributed by atoms with Crippen molar-refractivity contribution in [2.45, 2.75) is 63.8 Å². The first-order chi connectivity index (χ1) is 30.4. The van der Waals surface area contributed by atoms with Gasteiger partial charge in [-0.05, 0) is 95.5 Å². The number of nitrogens with one attached hydrogen (secondary N) is 2. The van der Waals surface area contributed by atoms with Crippen molar-refractivity contribution >= 4 is 33.4 Å². The van der Waals surface area contributed by atoms with Crippen LogP contribution in [0.5, 0.6) is 0 Å². The molecule has 9 rings (SSSR count). The molecular weight excluding hydrogens is 777 g/mol. The van der Waals surface area contributed by atoms with Crippen LogP contribution in [0.4, 0.5) is 0 Å². The molecule has 6 heteroatoms. The molecular formula is C57H52N2O4. The first kappa shape index (κ1) is 41.5. The number of carbonyl (C=O) groups excluding carboxylic acids is 2. The molecule has 8 aromatic rings. The van der Waals surface area contributed by atoms with Crippen molar-refractivity contribution in [3.05, 3.63) is 238 Å². The van der Waals surface area contributed by atoms with E-state index in [-0.39, 0.29) is 12.8 Å². The van der Waals surface area contributed by atoms with Gasteiger partial charge in [0.2, 0.25) is 11.8 Å². The first-order valence-corrected chi connectivity index (χ1v) is 21.7. The molecule has 1 saturated carbocycles. The Labute approximate surface area is 369 Å². The van der Waals surface area contributed by atoms with Gasteiger partial charge in [-0.2, -0.15) is 0 Å². The van der Waals surface area contributed by atoms with Crippen molar-refractivity contribution in [3.63, 3.8) is 0 Å². The highest BCUT2D eigenvalue weighted by atomic mass is 16.3. The van der Waals surface area contributed by atoms with Crippen molar-refractivity contribution in [2.24, 2.45) is 5.41 Å². The Morgan fingerprint density at radius 1 is 0.429 bits per heavy atom. The molecule has 0 aliphatic heterocycles. The van der Waals surface area contributed by atoms with E-state index in [1.54, 1.807) is 0 Å². The summed E-state index contributed by atoms with van der Waals surface area (Å²) in [6.45, 7) is 7.99. The van der Waals surface area contributed by atoms with Gasteiger partial charge in [0, 0.05) is 0 Å². The zero-order valence-electron chi connectivity index (χ0n) is 36.1. The van der Waals surface area contributed by atoms with E-state index >= 15 is 9.59 Å². The molecule has 0 spiro atoms. The highest BCUT2D eigenvalue weighted by Crippen LogP contribution is 2.51. The number of hydrogen-bond acceptors (Lipinski definition) is 4. The Kier molecular flexibility index (Phi) is 10.8. The van der Waals surface area contributed by atoms with Crippen LogP contribution in [0.2, 0.25) is 0 Å². The molecule has 63 heavy (non-hydrogen) atoms. The summed E-state index contributed by atoms with van der Waals surface area (Å²) < 4.78 is 0. The second kappa shape index (κ2) is 16.4. The van der Waals surface area contributed by atoms with Gasteiger partial charge in [-0.3, -0.25) is 9.59 Å². The van der Waals surface area contributed by atoms with Crippen LogP contribution in [0.25, 0.3) is 21.5 Å². The van der Waals surface area contributed by atoms with Crippen LogP contribution >= 0.6 is 0 Å². The average molecular weight is 829 g/mol. The summed E-state index contributed by atoms with van der Waals surface area (Å²) in [5, 5.41) is 37.3. The van der Waals surface area contributed by atoms with Crippen molar-refractivity contribution in [1.82, 2.24) is 10.6 Å². The molecule has 2 amide bonds. The SMILES string of the molecule is Cc1ccc(C(O)(c2ccc(C)cc2)[C@@H](NC(=O)C2(C(=O)N[C@@H](c3cccc4ccccc34)C(O)(c3ccc(C)cc3)c3ccc(C)cc3)CC2)c2cccc3ccccc23)cc1. The van der Waals surface area contributed by atoms with Crippen molar-refractivity contribution in [3.8, 4) is 0 Å². The van der Waals surface area contributed by atoms with Gasteiger partial charge in [-0.1, -0.05) is 204 Å². The van der Waals surface area contributed by atoms with E-state index in [2.05, 4.69) is 10.6 Å². The van der Waals surface area contributed by atoms with Crippen LogP contribution in [-0.2, 0) is 20.8 Å². The molecule has 0 aromatic heterocycles. The van der Waals surface area contributed by atoms with Gasteiger partial charge in [0.05, 0.1) is 12.1 Å². The predicted molar refractivity (Wildman–Crippen MR) is 252 cm³/mol. The Balaban J connectivity index is 1.18. The Morgan fingerprint density at radius 2 is 0.714 bits per heavy atom. The smallest absolute Gasteiger partial charge is 0.236 e. The number of rotatable bonds is 12. The molecule has 0 radical (unpaired) electrons. The highest BCUT2D eigenvalue weighted by Gasteiger charge is 2.59. The largest absolute Gasteiger partial charge is 0.378 e. The van der Waals surface area contributed by atoms with Gasteiger partial charge < -0.3 is 20.8 Å². The van der Waals surface area contributed by atoms with Crippen molar-refractivity contribution in [2.75, 3.05) is 0 Å². The molecule has 0 saturated heterocycles. The van der Waals surface area contributed by atoms with Crippen molar-refractivity contribution in [1.29, 1.82) is 0 Å². The molecule has 8 aromatic carbocycles. The van der Waals surface area contributed by atoms with Crippen LogP contribution in [0, 0.1) is 33.1 Å². The van der Waals surface area contributed by atoms with E-state index in [0.717, 1.165) is 43.8 Å². The summed E-state index contributed by atoms with van der Waals surface area (Å²) in [4.78, 5) is 30.7. The number of amides is 2. The maximum Gasteiger partial charge on any atom is 0.236 e. The number of carbonyl (C=O) groups is 2. The minimum absolute atomic E-state index is 0.288. The van der Waals surface area contributed by atoms with Crippen molar-refractivity contribution < 1.29 is 19.8 Å². The number of aryl methyl sites for hydroxylation is 4. The van der Waals surface area contributed by atoms with Crippen LogP contribution < -0.4 is 10.6 Å². The van der Waals surface area contributed by atoms with E-state index in [1.807, 2.05) is 210 Å². The maximum atomic E-state index is 15.4. The lowest BCUT2D eigenvalue weighted by molar-refractivity contribution is -0.140. The van der Waals surface area contributed by atoms with Crippen LogP contribution in [-0.4, -0.2) is 22.0 Å². The standard InChI is InChI=1S/C57H52N2O4/c1-37-19-27-43(28-20-37)56(62,44-29-21-38(2)22-30-44)51(49-17-9-13-41-11-5-7-15-47(41)49)58-53(60)55(35-36-55)54(61)59-52(50-18-10-14-42-12-6-8-16-48(42)50)57(63,45-31-23-39(3)24-32-45)46-33-25-40(4)26-34-46/h5-34,51-52,62-63H,35-36H2,1-4H3,(H,58,60)(H,59,61)/t51-,52-/m0/s1. The number of benzene rings is 8. The lowest BCUT2D eigenvalue weighted by Crippen LogP contribution is -2.52.